The lowest BCUT2D eigenvalue weighted by molar-refractivity contribution is 0.590. The molecule has 0 unspecified atom stereocenters. The lowest BCUT2D eigenvalue weighted by Gasteiger charge is -2.32. The van der Waals surface area contributed by atoms with Gasteiger partial charge in [-0.05, 0) is 151 Å². The molecule has 0 aliphatic carbocycles. The van der Waals surface area contributed by atoms with Crippen molar-refractivity contribution in [3.05, 3.63) is 167 Å². The highest BCUT2D eigenvalue weighted by Gasteiger charge is 2.27. The molecule has 8 aromatic rings. The summed E-state index contributed by atoms with van der Waals surface area (Å²) in [5, 5.41) is 26.9. The van der Waals surface area contributed by atoms with E-state index in [0.717, 1.165) is 34.1 Å². The number of nitriles is 2. The Morgan fingerprint density at radius 3 is 0.950 bits per heavy atom. The fraction of sp³-hybridized carbons (Fsp3) is 0.250. The Labute approximate surface area is 356 Å². The Kier molecular flexibility index (Phi) is 10.2. The Balaban J connectivity index is 1.48. The van der Waals surface area contributed by atoms with E-state index in [1.807, 2.05) is 24.3 Å². The Morgan fingerprint density at radius 2 is 0.683 bits per heavy atom. The number of rotatable bonds is 8. The lowest BCUT2D eigenvalue weighted by atomic mass is 9.83. The second-order valence-electron chi connectivity index (χ2n) is 18.9. The van der Waals surface area contributed by atoms with Crippen LogP contribution in [-0.4, -0.2) is 0 Å². The summed E-state index contributed by atoms with van der Waals surface area (Å²) in [6.45, 7) is 22.7. The van der Waals surface area contributed by atoms with Crippen LogP contribution in [0.1, 0.15) is 114 Å². The normalized spacial score (nSPS) is 12.1. The van der Waals surface area contributed by atoms with Crippen molar-refractivity contribution in [2.75, 3.05) is 9.80 Å². The fourth-order valence-electron chi connectivity index (χ4n) is 8.78. The summed E-state index contributed by atoms with van der Waals surface area (Å²) in [6.07, 6.45) is 0. The average Bonchev–Trinajstić information content (AvgIpc) is 3.23. The quantitative estimate of drug-likeness (QED) is 0.144. The van der Waals surface area contributed by atoms with Crippen molar-refractivity contribution in [1.29, 1.82) is 10.5 Å². The average molecular weight is 783 g/mol. The molecule has 0 spiro atoms. The van der Waals surface area contributed by atoms with E-state index in [2.05, 4.69) is 200 Å². The van der Waals surface area contributed by atoms with Crippen LogP contribution in [0.4, 0.5) is 34.1 Å². The summed E-state index contributed by atoms with van der Waals surface area (Å²) in [7, 11) is 0. The summed E-state index contributed by atoms with van der Waals surface area (Å²) in [4.78, 5) is 4.74. The SMILES string of the molecule is CC(C)c1cc(N(c2ccc(C#N)cc2)c2ccc(C(C)(C)C)cc2)c2ccc3c(C(C)C)cc(N(c4ccc(C#N)cc4)c4ccc(C(C)(C)C)cc4)c4ccc1c2c34. The van der Waals surface area contributed by atoms with Crippen molar-refractivity contribution in [3.8, 4) is 12.1 Å². The smallest absolute Gasteiger partial charge is 0.0991 e. The van der Waals surface area contributed by atoms with E-state index < -0.39 is 0 Å². The predicted octanol–water partition coefficient (Wildman–Crippen LogP) is 16.1. The molecule has 0 N–H and O–H groups in total. The maximum atomic E-state index is 9.76. The van der Waals surface area contributed by atoms with Crippen molar-refractivity contribution < 1.29 is 0 Å². The largest absolute Gasteiger partial charge is 0.310 e. The second-order valence-corrected chi connectivity index (χ2v) is 18.9. The minimum atomic E-state index is 0.0156. The van der Waals surface area contributed by atoms with Crippen LogP contribution in [0.3, 0.4) is 0 Å². The molecule has 0 saturated carbocycles. The standard InChI is InChI=1S/C56H54N4/c1-35(2)49-31-51(59(41-19-11-37(33-57)12-20-41)43-23-15-39(16-24-43)55(5,6)7)47-30-28-46-50(36(3)4)32-52(48-29-27-45(49)53(47)54(46)48)60(42-21-13-38(34-58)14-22-42)44-25-17-40(18-26-44)56(8,9)10/h11-32,35-36H,1-10H3. The highest BCUT2D eigenvalue weighted by molar-refractivity contribution is 6.29. The molecule has 0 aliphatic rings. The summed E-state index contributed by atoms with van der Waals surface area (Å²) >= 11 is 0. The van der Waals surface area contributed by atoms with Crippen molar-refractivity contribution in [1.82, 2.24) is 0 Å². The number of hydrogen-bond donors (Lipinski definition) is 0. The van der Waals surface area contributed by atoms with Crippen LogP contribution < -0.4 is 9.80 Å². The van der Waals surface area contributed by atoms with E-state index in [0.29, 0.717) is 11.1 Å². The van der Waals surface area contributed by atoms with Crippen molar-refractivity contribution in [3.63, 3.8) is 0 Å². The van der Waals surface area contributed by atoms with E-state index in [9.17, 15) is 10.5 Å². The first-order valence-corrected chi connectivity index (χ1v) is 21.2. The van der Waals surface area contributed by atoms with Crippen LogP contribution in [0, 0.1) is 22.7 Å². The van der Waals surface area contributed by atoms with Crippen LogP contribution in [0.2, 0.25) is 0 Å². The van der Waals surface area contributed by atoms with Gasteiger partial charge < -0.3 is 9.80 Å². The lowest BCUT2D eigenvalue weighted by Crippen LogP contribution is -2.14. The highest BCUT2D eigenvalue weighted by atomic mass is 15.1. The molecule has 0 heterocycles. The molecule has 8 aromatic carbocycles. The zero-order valence-electron chi connectivity index (χ0n) is 36.6. The molecule has 0 amide bonds. The Bertz CT molecular complexity index is 2720. The third kappa shape index (κ3) is 7.12. The van der Waals surface area contributed by atoms with Crippen LogP contribution in [0.25, 0.3) is 32.3 Å². The molecule has 8 rings (SSSR count). The van der Waals surface area contributed by atoms with Gasteiger partial charge in [0.05, 0.1) is 34.6 Å². The van der Waals surface area contributed by atoms with Crippen molar-refractivity contribution in [2.45, 2.75) is 91.9 Å². The maximum absolute atomic E-state index is 9.76. The Hall–Kier alpha value is -6.62. The molecular weight excluding hydrogens is 729 g/mol. The molecule has 60 heavy (non-hydrogen) atoms. The summed E-state index contributed by atoms with van der Waals surface area (Å²) in [5.41, 5.74) is 12.7. The predicted molar refractivity (Wildman–Crippen MR) is 255 cm³/mol. The van der Waals surface area contributed by atoms with Gasteiger partial charge in [0.1, 0.15) is 0 Å². The van der Waals surface area contributed by atoms with Crippen LogP contribution in [0.5, 0.6) is 0 Å². The summed E-state index contributed by atoms with van der Waals surface area (Å²) in [5.74, 6) is 0.500. The first-order valence-electron chi connectivity index (χ1n) is 21.2. The fourth-order valence-corrected chi connectivity index (χ4v) is 8.78. The minimum absolute atomic E-state index is 0.0156. The van der Waals surface area contributed by atoms with Gasteiger partial charge in [0.15, 0.2) is 0 Å². The molecule has 0 radical (unpaired) electrons. The van der Waals surface area contributed by atoms with E-state index in [1.165, 1.54) is 54.6 Å². The van der Waals surface area contributed by atoms with Crippen LogP contribution in [-0.2, 0) is 10.8 Å². The van der Waals surface area contributed by atoms with E-state index in [1.54, 1.807) is 0 Å². The maximum Gasteiger partial charge on any atom is 0.0991 e. The van der Waals surface area contributed by atoms with E-state index in [-0.39, 0.29) is 22.7 Å². The molecule has 0 aliphatic heterocycles. The minimum Gasteiger partial charge on any atom is -0.310 e. The van der Waals surface area contributed by atoms with E-state index in [4.69, 9.17) is 0 Å². The number of benzene rings is 8. The monoisotopic (exact) mass is 782 g/mol. The number of anilines is 6. The molecule has 0 atom stereocenters. The molecule has 0 bridgehead atoms. The van der Waals surface area contributed by atoms with Gasteiger partial charge in [-0.15, -0.1) is 0 Å². The highest BCUT2D eigenvalue weighted by Crippen LogP contribution is 2.51. The summed E-state index contributed by atoms with van der Waals surface area (Å²) < 4.78 is 0. The van der Waals surface area contributed by atoms with Crippen molar-refractivity contribution >= 4 is 66.4 Å². The molecule has 0 saturated heterocycles. The molecular formula is C56H54N4. The van der Waals surface area contributed by atoms with Gasteiger partial charge >= 0.3 is 0 Å². The van der Waals surface area contributed by atoms with Gasteiger partial charge in [0.2, 0.25) is 0 Å². The van der Waals surface area contributed by atoms with Gasteiger partial charge in [0.25, 0.3) is 0 Å². The van der Waals surface area contributed by atoms with Crippen LogP contribution in [0.15, 0.2) is 133 Å². The number of hydrogen-bond acceptors (Lipinski definition) is 4. The van der Waals surface area contributed by atoms with Gasteiger partial charge in [-0.25, -0.2) is 0 Å². The topological polar surface area (TPSA) is 54.1 Å². The first kappa shape index (κ1) is 40.2. The number of nitrogens with zero attached hydrogens (tertiary/aromatic N) is 4. The van der Waals surface area contributed by atoms with Crippen LogP contribution >= 0.6 is 0 Å². The zero-order chi connectivity index (χ0) is 42.7. The molecule has 0 fully saturated rings. The third-order valence-electron chi connectivity index (χ3n) is 12.1. The van der Waals surface area contributed by atoms with Gasteiger partial charge in [-0.3, -0.25) is 0 Å². The van der Waals surface area contributed by atoms with Gasteiger partial charge in [-0.1, -0.05) is 118 Å². The Morgan fingerprint density at radius 1 is 0.400 bits per heavy atom. The van der Waals surface area contributed by atoms with Gasteiger partial charge in [0, 0.05) is 33.5 Å². The zero-order valence-corrected chi connectivity index (χ0v) is 36.6. The molecule has 4 nitrogen and oxygen atoms in total. The van der Waals surface area contributed by atoms with Crippen molar-refractivity contribution in [2.24, 2.45) is 0 Å². The molecule has 4 heteroatoms. The molecule has 0 aromatic heterocycles. The first-order chi connectivity index (χ1) is 28.6. The van der Waals surface area contributed by atoms with E-state index >= 15 is 0 Å². The van der Waals surface area contributed by atoms with Gasteiger partial charge in [-0.2, -0.15) is 10.5 Å². The second kappa shape index (κ2) is 15.2. The molecule has 298 valence electrons. The third-order valence-corrected chi connectivity index (χ3v) is 12.1. The summed E-state index contributed by atoms with van der Waals surface area (Å²) in [6, 6.07) is 52.6.